The van der Waals surface area contributed by atoms with Crippen LogP contribution in [-0.4, -0.2) is 16.2 Å². The topological polar surface area (TPSA) is 63.0 Å². The molecule has 1 aromatic carbocycles. The second kappa shape index (κ2) is 5.01. The molecule has 1 aromatic heterocycles. The van der Waals surface area contributed by atoms with Crippen molar-refractivity contribution in [3.8, 4) is 0 Å². The Morgan fingerprint density at radius 2 is 1.95 bits per heavy atom. The first-order chi connectivity index (χ1) is 9.22. The van der Waals surface area contributed by atoms with Gasteiger partial charge in [-0.2, -0.15) is 0 Å². The van der Waals surface area contributed by atoms with Gasteiger partial charge in [-0.15, -0.1) is 5.10 Å². The van der Waals surface area contributed by atoms with Crippen LogP contribution in [0, 0.1) is 13.8 Å². The number of hydrogen-bond donors (Lipinski definition) is 2. The predicted molar refractivity (Wildman–Crippen MR) is 73.4 cm³/mol. The smallest absolute Gasteiger partial charge is 0.320 e. The summed E-state index contributed by atoms with van der Waals surface area (Å²) in [6.07, 6.45) is 2.50. The van der Waals surface area contributed by atoms with Gasteiger partial charge in [-0.05, 0) is 37.8 Å². The third kappa shape index (κ3) is 2.93. The van der Waals surface area contributed by atoms with Gasteiger partial charge in [0.15, 0.2) is 0 Å². The molecule has 1 aliphatic carbocycles. The van der Waals surface area contributed by atoms with Gasteiger partial charge >= 0.3 is 6.01 Å². The molecule has 1 heterocycles. The zero-order valence-electron chi connectivity index (χ0n) is 11.2. The van der Waals surface area contributed by atoms with Gasteiger partial charge in [0.1, 0.15) is 0 Å². The molecule has 0 bridgehead atoms. The number of anilines is 2. The Balaban J connectivity index is 1.68. The van der Waals surface area contributed by atoms with Gasteiger partial charge in [0, 0.05) is 11.7 Å². The largest absolute Gasteiger partial charge is 0.406 e. The minimum Gasteiger partial charge on any atom is -0.406 e. The number of para-hydroxylation sites is 1. The molecule has 0 aliphatic heterocycles. The number of nitrogens with zero attached hydrogens (tertiary/aromatic N) is 2. The number of rotatable bonds is 5. The van der Waals surface area contributed by atoms with Crippen molar-refractivity contribution in [1.29, 1.82) is 0 Å². The van der Waals surface area contributed by atoms with Crippen molar-refractivity contribution in [2.24, 2.45) is 0 Å². The van der Waals surface area contributed by atoms with E-state index in [2.05, 4.69) is 46.8 Å². The SMILES string of the molecule is Cc1cccc(C)c1Nc1nnc(CNC2CC2)o1. The van der Waals surface area contributed by atoms with Gasteiger partial charge in [0.25, 0.3) is 0 Å². The maximum Gasteiger partial charge on any atom is 0.320 e. The average molecular weight is 258 g/mol. The molecule has 19 heavy (non-hydrogen) atoms. The van der Waals surface area contributed by atoms with E-state index >= 15 is 0 Å². The van der Waals surface area contributed by atoms with E-state index in [0.29, 0.717) is 24.5 Å². The molecule has 3 rings (SSSR count). The molecule has 0 saturated heterocycles. The number of hydrogen-bond acceptors (Lipinski definition) is 5. The summed E-state index contributed by atoms with van der Waals surface area (Å²) in [5.74, 6) is 0.626. The Morgan fingerprint density at radius 3 is 2.63 bits per heavy atom. The van der Waals surface area contributed by atoms with Crippen LogP contribution in [0.3, 0.4) is 0 Å². The zero-order valence-corrected chi connectivity index (χ0v) is 11.2. The molecular formula is C14H18N4O. The van der Waals surface area contributed by atoms with Crippen molar-refractivity contribution in [1.82, 2.24) is 15.5 Å². The van der Waals surface area contributed by atoms with Gasteiger partial charge < -0.3 is 15.1 Å². The van der Waals surface area contributed by atoms with Crippen molar-refractivity contribution >= 4 is 11.7 Å². The van der Waals surface area contributed by atoms with Crippen molar-refractivity contribution in [2.75, 3.05) is 5.32 Å². The van der Waals surface area contributed by atoms with Crippen molar-refractivity contribution in [3.05, 3.63) is 35.2 Å². The molecule has 0 atom stereocenters. The highest BCUT2D eigenvalue weighted by Gasteiger charge is 2.21. The first-order valence-electron chi connectivity index (χ1n) is 6.61. The first kappa shape index (κ1) is 12.2. The lowest BCUT2D eigenvalue weighted by molar-refractivity contribution is 0.478. The lowest BCUT2D eigenvalue weighted by Gasteiger charge is -2.08. The Labute approximate surface area is 112 Å². The Morgan fingerprint density at radius 1 is 1.21 bits per heavy atom. The summed E-state index contributed by atoms with van der Waals surface area (Å²) in [6, 6.07) is 7.24. The fourth-order valence-electron chi connectivity index (χ4n) is 2.01. The molecule has 2 N–H and O–H groups in total. The van der Waals surface area contributed by atoms with E-state index in [1.165, 1.54) is 12.8 Å². The normalized spacial score (nSPS) is 14.6. The Hall–Kier alpha value is -1.88. The summed E-state index contributed by atoms with van der Waals surface area (Å²) in [7, 11) is 0. The molecular weight excluding hydrogens is 240 g/mol. The highest BCUT2D eigenvalue weighted by atomic mass is 16.4. The van der Waals surface area contributed by atoms with Crippen LogP contribution in [0.2, 0.25) is 0 Å². The van der Waals surface area contributed by atoms with Crippen LogP contribution in [0.15, 0.2) is 22.6 Å². The van der Waals surface area contributed by atoms with E-state index in [1.807, 2.05) is 6.07 Å². The molecule has 100 valence electrons. The van der Waals surface area contributed by atoms with Crippen LogP contribution in [-0.2, 0) is 6.54 Å². The van der Waals surface area contributed by atoms with Crippen molar-refractivity contribution in [3.63, 3.8) is 0 Å². The fourth-order valence-corrected chi connectivity index (χ4v) is 2.01. The Bertz CT molecular complexity index is 554. The van der Waals surface area contributed by atoms with Crippen molar-refractivity contribution in [2.45, 2.75) is 39.3 Å². The van der Waals surface area contributed by atoms with Gasteiger partial charge in [0.2, 0.25) is 5.89 Å². The summed E-state index contributed by atoms with van der Waals surface area (Å²) in [6.45, 7) is 4.76. The molecule has 0 spiro atoms. The van der Waals surface area contributed by atoms with E-state index in [-0.39, 0.29) is 0 Å². The fraction of sp³-hybridized carbons (Fsp3) is 0.429. The number of aromatic nitrogens is 2. The minimum absolute atomic E-state index is 0.449. The van der Waals surface area contributed by atoms with Gasteiger partial charge in [0.05, 0.1) is 6.54 Å². The number of aryl methyl sites for hydroxylation is 2. The average Bonchev–Trinajstić information content (AvgIpc) is 3.11. The first-order valence-corrected chi connectivity index (χ1v) is 6.61. The van der Waals surface area contributed by atoms with E-state index in [0.717, 1.165) is 16.8 Å². The van der Waals surface area contributed by atoms with Gasteiger partial charge in [-0.25, -0.2) is 0 Å². The monoisotopic (exact) mass is 258 g/mol. The van der Waals surface area contributed by atoms with Crippen LogP contribution < -0.4 is 10.6 Å². The lowest BCUT2D eigenvalue weighted by atomic mass is 10.1. The highest BCUT2D eigenvalue weighted by molar-refractivity contribution is 5.61. The molecule has 0 unspecified atom stereocenters. The summed E-state index contributed by atoms with van der Waals surface area (Å²) < 4.78 is 5.58. The third-order valence-corrected chi connectivity index (χ3v) is 3.30. The summed E-state index contributed by atoms with van der Waals surface area (Å²) >= 11 is 0. The van der Waals surface area contributed by atoms with E-state index in [4.69, 9.17) is 4.42 Å². The second-order valence-electron chi connectivity index (χ2n) is 5.05. The van der Waals surface area contributed by atoms with Crippen LogP contribution in [0.1, 0.15) is 29.9 Å². The molecule has 1 saturated carbocycles. The third-order valence-electron chi connectivity index (χ3n) is 3.30. The maximum absolute atomic E-state index is 5.58. The highest BCUT2D eigenvalue weighted by Crippen LogP contribution is 2.24. The second-order valence-corrected chi connectivity index (χ2v) is 5.05. The molecule has 0 amide bonds. The van der Waals surface area contributed by atoms with Gasteiger partial charge in [-0.3, -0.25) is 0 Å². The van der Waals surface area contributed by atoms with E-state index in [9.17, 15) is 0 Å². The van der Waals surface area contributed by atoms with Crippen LogP contribution >= 0.6 is 0 Å². The zero-order chi connectivity index (χ0) is 13.2. The molecule has 5 nitrogen and oxygen atoms in total. The maximum atomic E-state index is 5.58. The molecule has 5 heteroatoms. The van der Waals surface area contributed by atoms with E-state index < -0.39 is 0 Å². The number of benzene rings is 1. The molecule has 0 radical (unpaired) electrons. The van der Waals surface area contributed by atoms with Crippen LogP contribution in [0.25, 0.3) is 0 Å². The predicted octanol–water partition coefficient (Wildman–Crippen LogP) is 2.68. The summed E-state index contributed by atoms with van der Waals surface area (Å²) in [4.78, 5) is 0. The van der Waals surface area contributed by atoms with Crippen molar-refractivity contribution < 1.29 is 4.42 Å². The summed E-state index contributed by atoms with van der Waals surface area (Å²) in [5.41, 5.74) is 3.36. The molecule has 2 aromatic rings. The molecule has 1 aliphatic rings. The van der Waals surface area contributed by atoms with E-state index in [1.54, 1.807) is 0 Å². The quantitative estimate of drug-likeness (QED) is 0.863. The van der Waals surface area contributed by atoms with Gasteiger partial charge in [-0.1, -0.05) is 23.3 Å². The van der Waals surface area contributed by atoms with Crippen LogP contribution in [0.4, 0.5) is 11.7 Å². The minimum atomic E-state index is 0.449. The summed E-state index contributed by atoms with van der Waals surface area (Å²) in [5, 5.41) is 14.6. The standard InChI is InChI=1S/C14H18N4O/c1-9-4-3-5-10(2)13(9)16-14-18-17-12(19-14)8-15-11-6-7-11/h3-5,11,15H,6-8H2,1-2H3,(H,16,18). The number of nitrogens with one attached hydrogen (secondary N) is 2. The lowest BCUT2D eigenvalue weighted by Crippen LogP contribution is -2.15. The Kier molecular flexibility index (Phi) is 3.21. The molecule has 1 fully saturated rings. The van der Waals surface area contributed by atoms with Crippen LogP contribution in [0.5, 0.6) is 0 Å².